The normalized spacial score (nSPS) is 14.2. The van der Waals surface area contributed by atoms with E-state index >= 15 is 0 Å². The van der Waals surface area contributed by atoms with Crippen molar-refractivity contribution in [1.29, 1.82) is 0 Å². The summed E-state index contributed by atoms with van der Waals surface area (Å²) in [5.41, 5.74) is 8.98. The Hall–Kier alpha value is -3.71. The van der Waals surface area contributed by atoms with Gasteiger partial charge in [0.2, 0.25) is 5.95 Å². The molecule has 0 bridgehead atoms. The van der Waals surface area contributed by atoms with Gasteiger partial charge in [0.25, 0.3) is 5.56 Å². The van der Waals surface area contributed by atoms with Gasteiger partial charge in [0.15, 0.2) is 0 Å². The Labute approximate surface area is 186 Å². The lowest BCUT2D eigenvalue weighted by Crippen LogP contribution is -2.35. The van der Waals surface area contributed by atoms with Crippen LogP contribution in [0.1, 0.15) is 28.1 Å². The molecule has 0 aliphatic carbocycles. The fourth-order valence-electron chi connectivity index (χ4n) is 4.38. The summed E-state index contributed by atoms with van der Waals surface area (Å²) in [6.07, 6.45) is 2.53. The van der Waals surface area contributed by atoms with Gasteiger partial charge in [-0.3, -0.25) is 14.7 Å². The average Bonchev–Trinajstić information content (AvgIpc) is 3.05. The van der Waals surface area contributed by atoms with Crippen molar-refractivity contribution in [3.8, 4) is 0 Å². The molecule has 0 unspecified atom stereocenters. The van der Waals surface area contributed by atoms with Crippen LogP contribution < -0.4 is 11.0 Å². The highest BCUT2D eigenvalue weighted by atomic mass is 16.1. The van der Waals surface area contributed by atoms with Gasteiger partial charge in [0.05, 0.1) is 17.5 Å². The number of anilines is 1. The number of rotatable bonds is 5. The minimum absolute atomic E-state index is 0.105. The smallest absolute Gasteiger partial charge is 0.257 e. The van der Waals surface area contributed by atoms with Gasteiger partial charge in [-0.2, -0.15) is 5.10 Å². The number of nitrogens with one attached hydrogen (secondary N) is 2. The molecule has 0 saturated heterocycles. The first-order chi connectivity index (χ1) is 15.6. The second-order valence-corrected chi connectivity index (χ2v) is 8.23. The molecule has 0 atom stereocenters. The third kappa shape index (κ3) is 3.83. The van der Waals surface area contributed by atoms with Gasteiger partial charge in [0, 0.05) is 55.3 Å². The largest absolute Gasteiger partial charge is 0.347 e. The molecule has 4 aromatic rings. The van der Waals surface area contributed by atoms with Gasteiger partial charge < -0.3 is 4.57 Å². The van der Waals surface area contributed by atoms with E-state index in [9.17, 15) is 4.79 Å². The van der Waals surface area contributed by atoms with E-state index < -0.39 is 0 Å². The summed E-state index contributed by atoms with van der Waals surface area (Å²) in [7, 11) is 2.05. The fraction of sp³-hybridized carbons (Fsp3) is 0.240. The van der Waals surface area contributed by atoms with E-state index in [1.807, 2.05) is 37.4 Å². The first kappa shape index (κ1) is 20.2. The molecule has 7 nitrogen and oxygen atoms in total. The summed E-state index contributed by atoms with van der Waals surface area (Å²) in [6, 6.07) is 18.6. The van der Waals surface area contributed by atoms with Crippen LogP contribution in [0.2, 0.25) is 0 Å². The summed E-state index contributed by atoms with van der Waals surface area (Å²) in [5.74, 6) is 0.374. The first-order valence-corrected chi connectivity index (χ1v) is 10.8. The number of hydrogen-bond acceptors (Lipinski definition) is 5. The zero-order valence-corrected chi connectivity index (χ0v) is 18.3. The lowest BCUT2D eigenvalue weighted by atomic mass is 10.1. The van der Waals surface area contributed by atoms with Crippen molar-refractivity contribution in [2.45, 2.75) is 26.4 Å². The molecule has 0 saturated carbocycles. The number of aromatic nitrogens is 3. The van der Waals surface area contributed by atoms with Crippen LogP contribution >= 0.6 is 0 Å². The van der Waals surface area contributed by atoms with Crippen LogP contribution in [0.25, 0.3) is 10.9 Å². The zero-order valence-electron chi connectivity index (χ0n) is 18.3. The maximum atomic E-state index is 12.7. The molecular weight excluding hydrogens is 400 g/mol. The lowest BCUT2D eigenvalue weighted by molar-refractivity contribution is 0.242. The van der Waals surface area contributed by atoms with Gasteiger partial charge in [-0.25, -0.2) is 10.4 Å². The molecule has 0 spiro atoms. The molecule has 7 heteroatoms. The Bertz CT molecular complexity index is 1350. The van der Waals surface area contributed by atoms with Crippen LogP contribution in [0, 0.1) is 6.92 Å². The summed E-state index contributed by atoms with van der Waals surface area (Å²) in [6.45, 7) is 4.37. The highest BCUT2D eigenvalue weighted by Gasteiger charge is 2.21. The van der Waals surface area contributed by atoms with E-state index in [1.165, 1.54) is 5.56 Å². The summed E-state index contributed by atoms with van der Waals surface area (Å²) >= 11 is 0. The minimum atomic E-state index is -0.105. The maximum Gasteiger partial charge on any atom is 0.257 e. The van der Waals surface area contributed by atoms with Gasteiger partial charge in [-0.1, -0.05) is 48.5 Å². The zero-order chi connectivity index (χ0) is 22.1. The first-order valence-electron chi connectivity index (χ1n) is 10.8. The van der Waals surface area contributed by atoms with Crippen molar-refractivity contribution in [2.24, 2.45) is 12.1 Å². The SMILES string of the molecule is Cc1c(/C=N\Nc2nc3c(c(=O)[nH]2)CN(Cc2ccccc2)CC3)c2ccccc2n1C. The number of nitrogens with zero attached hydrogens (tertiary/aromatic N) is 4. The van der Waals surface area contributed by atoms with Crippen molar-refractivity contribution in [2.75, 3.05) is 12.0 Å². The van der Waals surface area contributed by atoms with E-state index in [0.29, 0.717) is 12.5 Å². The number of aromatic amines is 1. The van der Waals surface area contributed by atoms with E-state index in [0.717, 1.165) is 52.9 Å². The average molecular weight is 427 g/mol. The standard InChI is InChI=1S/C25H26N6O/c1-17-20(19-10-6-7-11-23(19)30(17)2)14-26-29-25-27-22-12-13-31(16-21(22)24(32)28-25)15-18-8-4-3-5-9-18/h3-11,14H,12-13,15-16H2,1-2H3,(H2,27,28,29,32)/b26-14-. The van der Waals surface area contributed by atoms with Crippen molar-refractivity contribution >= 4 is 23.1 Å². The van der Waals surface area contributed by atoms with Crippen LogP contribution in [-0.4, -0.2) is 32.2 Å². The van der Waals surface area contributed by atoms with E-state index in [4.69, 9.17) is 0 Å². The molecule has 3 heterocycles. The Morgan fingerprint density at radius 2 is 1.94 bits per heavy atom. The highest BCUT2D eigenvalue weighted by molar-refractivity contribution is 6.01. The Morgan fingerprint density at radius 3 is 2.78 bits per heavy atom. The minimum Gasteiger partial charge on any atom is -0.347 e. The molecule has 2 N–H and O–H groups in total. The second kappa shape index (κ2) is 8.43. The Kier molecular flexibility index (Phi) is 5.33. The van der Waals surface area contributed by atoms with Crippen LogP contribution in [0.15, 0.2) is 64.5 Å². The fourth-order valence-corrected chi connectivity index (χ4v) is 4.38. The number of H-pyrrole nitrogens is 1. The van der Waals surface area contributed by atoms with Crippen molar-refractivity contribution in [3.05, 3.63) is 93.0 Å². The molecular formula is C25H26N6O. The number of aryl methyl sites for hydroxylation is 1. The number of hydrogen-bond donors (Lipinski definition) is 2. The van der Waals surface area contributed by atoms with Crippen LogP contribution in [0.4, 0.5) is 5.95 Å². The van der Waals surface area contributed by atoms with Crippen LogP contribution in [-0.2, 0) is 26.6 Å². The molecule has 1 aliphatic rings. The van der Waals surface area contributed by atoms with Gasteiger partial charge >= 0.3 is 0 Å². The number of benzene rings is 2. The molecule has 2 aromatic heterocycles. The van der Waals surface area contributed by atoms with E-state index in [1.54, 1.807) is 6.21 Å². The number of hydrazone groups is 1. The van der Waals surface area contributed by atoms with Gasteiger partial charge in [0.1, 0.15) is 0 Å². The molecule has 0 amide bonds. The molecule has 2 aromatic carbocycles. The van der Waals surface area contributed by atoms with Gasteiger partial charge in [-0.05, 0) is 18.6 Å². The van der Waals surface area contributed by atoms with Crippen LogP contribution in [0.3, 0.4) is 0 Å². The molecule has 0 fully saturated rings. The van der Waals surface area contributed by atoms with Crippen molar-refractivity contribution in [1.82, 2.24) is 19.4 Å². The van der Waals surface area contributed by atoms with Gasteiger partial charge in [-0.15, -0.1) is 0 Å². The third-order valence-electron chi connectivity index (χ3n) is 6.21. The highest BCUT2D eigenvalue weighted by Crippen LogP contribution is 2.23. The Morgan fingerprint density at radius 1 is 1.16 bits per heavy atom. The molecule has 5 rings (SSSR count). The summed E-state index contributed by atoms with van der Waals surface area (Å²) in [4.78, 5) is 22.5. The lowest BCUT2D eigenvalue weighted by Gasteiger charge is -2.27. The topological polar surface area (TPSA) is 78.3 Å². The molecule has 162 valence electrons. The molecule has 1 aliphatic heterocycles. The van der Waals surface area contributed by atoms with Crippen molar-refractivity contribution in [3.63, 3.8) is 0 Å². The number of para-hydroxylation sites is 1. The summed E-state index contributed by atoms with van der Waals surface area (Å²) < 4.78 is 2.15. The predicted octanol–water partition coefficient (Wildman–Crippen LogP) is 3.57. The number of fused-ring (bicyclic) bond motifs is 2. The predicted molar refractivity (Wildman–Crippen MR) is 128 cm³/mol. The van der Waals surface area contributed by atoms with Crippen LogP contribution in [0.5, 0.6) is 0 Å². The quantitative estimate of drug-likeness (QED) is 0.378. The van der Waals surface area contributed by atoms with E-state index in [-0.39, 0.29) is 5.56 Å². The van der Waals surface area contributed by atoms with E-state index in [2.05, 4.69) is 61.2 Å². The molecule has 32 heavy (non-hydrogen) atoms. The maximum absolute atomic E-state index is 12.7. The Balaban J connectivity index is 1.32. The van der Waals surface area contributed by atoms with Crippen molar-refractivity contribution < 1.29 is 0 Å². The monoisotopic (exact) mass is 426 g/mol. The molecule has 0 radical (unpaired) electrons. The second-order valence-electron chi connectivity index (χ2n) is 8.23. The summed E-state index contributed by atoms with van der Waals surface area (Å²) in [5, 5.41) is 5.51. The third-order valence-corrected chi connectivity index (χ3v) is 6.21.